The van der Waals surface area contributed by atoms with Gasteiger partial charge < -0.3 is 97.8 Å². The van der Waals surface area contributed by atoms with Crippen molar-refractivity contribution in [1.29, 1.82) is 0 Å². The standard InChI is InChI=1S/C48H80N20O10/c49-29(8-1-19-58-45(50)51)37(70)62-30(9-2-20-59-46(52)53)38(71)63-31(10-3-21-60-47(54)55)41(74)66-23-5-12-34(66)39(72)64-32(11-4-22-61-48(56)57)42(75)68-25-7-14-36(68)43(76)67-24-6-13-35(67)40(73)65-33(44(77)78)26-27-15-17-28(69)18-16-27/h15-18,29-36,69H,1-14,19-26,49H2,(H,62,70)(H,63,71)(H,64,72)(H,65,73)(H,77,78)(H4,50,51,58)(H4,52,53,59)(H4,54,55,60)(H4,56,57,61)/t29-,30-,31-,32-,33-,34-,35-,36-/m0/s1. The number of aromatic hydroxyl groups is 1. The molecule has 3 aliphatic rings. The van der Waals surface area contributed by atoms with Gasteiger partial charge in [0, 0.05) is 52.2 Å². The fraction of sp³-hybridized carbons (Fsp3) is 0.625. The minimum Gasteiger partial charge on any atom is -0.508 e. The Morgan fingerprint density at radius 2 is 0.897 bits per heavy atom. The fourth-order valence-electron chi connectivity index (χ4n) is 9.58. The van der Waals surface area contributed by atoms with Gasteiger partial charge in [-0.15, -0.1) is 0 Å². The molecule has 3 aliphatic heterocycles. The third-order valence-corrected chi connectivity index (χ3v) is 13.5. The van der Waals surface area contributed by atoms with Crippen LogP contribution in [0.2, 0.25) is 0 Å². The van der Waals surface area contributed by atoms with Crippen molar-refractivity contribution in [2.24, 2.45) is 71.6 Å². The number of aliphatic carboxylic acids is 1. The number of carbonyl (C=O) groups is 8. The van der Waals surface area contributed by atoms with Crippen LogP contribution in [0.3, 0.4) is 0 Å². The number of nitrogens with two attached hydrogens (primary N) is 9. The summed E-state index contributed by atoms with van der Waals surface area (Å²) in [4.78, 5) is 132. The van der Waals surface area contributed by atoms with Gasteiger partial charge in [0.1, 0.15) is 48.0 Å². The van der Waals surface area contributed by atoms with Crippen LogP contribution in [0, 0.1) is 0 Å². The number of rotatable bonds is 30. The van der Waals surface area contributed by atoms with E-state index in [1.54, 1.807) is 0 Å². The van der Waals surface area contributed by atoms with Crippen molar-refractivity contribution in [1.82, 2.24) is 36.0 Å². The summed E-state index contributed by atoms with van der Waals surface area (Å²) >= 11 is 0. The summed E-state index contributed by atoms with van der Waals surface area (Å²) in [6, 6.07) is -3.36. The van der Waals surface area contributed by atoms with Gasteiger partial charge in [0.2, 0.25) is 41.4 Å². The first-order valence-corrected chi connectivity index (χ1v) is 26.2. The van der Waals surface area contributed by atoms with E-state index < -0.39 is 95.7 Å². The summed E-state index contributed by atoms with van der Waals surface area (Å²) in [6.07, 6.45) is 3.10. The van der Waals surface area contributed by atoms with E-state index in [2.05, 4.69) is 41.2 Å². The largest absolute Gasteiger partial charge is 0.508 e. The monoisotopic (exact) mass is 1100 g/mol. The Kier molecular flexibility index (Phi) is 24.9. The summed E-state index contributed by atoms with van der Waals surface area (Å²) in [6.45, 7) is 0.932. The minimum absolute atomic E-state index is 0.000919. The lowest BCUT2D eigenvalue weighted by molar-refractivity contribution is -0.149. The van der Waals surface area contributed by atoms with Crippen LogP contribution in [0.4, 0.5) is 0 Å². The Morgan fingerprint density at radius 3 is 1.37 bits per heavy atom. The number of likely N-dealkylation sites (tertiary alicyclic amines) is 3. The number of aliphatic imine (C=N–C) groups is 4. The number of nitrogens with one attached hydrogen (secondary N) is 4. The SMILES string of the molecule is NC(N)=NCCC[C@H](NC(=O)[C@@H](N)CCCN=C(N)N)C(=O)N[C@@H](CCCN=C(N)N)C(=O)N1CCC[C@H]1C(=O)N[C@@H](CCCN=C(N)N)C(=O)N1CCC[C@H]1C(=O)N1CCC[C@H]1C(=O)N[C@@H](Cc1ccc(O)cc1)C(=O)O. The maximum atomic E-state index is 14.7. The van der Waals surface area contributed by atoms with Gasteiger partial charge in [-0.05, 0) is 108 Å². The zero-order valence-corrected chi connectivity index (χ0v) is 44.0. The van der Waals surface area contributed by atoms with Crippen molar-refractivity contribution in [3.8, 4) is 5.75 Å². The molecule has 3 heterocycles. The van der Waals surface area contributed by atoms with Gasteiger partial charge in [0.05, 0.1) is 6.04 Å². The molecule has 0 unspecified atom stereocenters. The number of carboxylic acid groups (broad SMARTS) is 1. The molecule has 24 N–H and O–H groups in total. The van der Waals surface area contributed by atoms with Crippen molar-refractivity contribution in [3.05, 3.63) is 29.8 Å². The molecule has 3 saturated heterocycles. The van der Waals surface area contributed by atoms with Gasteiger partial charge in [0.15, 0.2) is 23.8 Å². The van der Waals surface area contributed by atoms with Gasteiger partial charge in [-0.25, -0.2) is 4.79 Å². The highest BCUT2D eigenvalue weighted by atomic mass is 16.4. The van der Waals surface area contributed by atoms with E-state index in [4.69, 9.17) is 51.6 Å². The normalized spacial score (nSPS) is 18.7. The first kappa shape index (κ1) is 62.4. The van der Waals surface area contributed by atoms with Gasteiger partial charge >= 0.3 is 5.97 Å². The van der Waals surface area contributed by atoms with Crippen molar-refractivity contribution in [2.45, 2.75) is 145 Å². The van der Waals surface area contributed by atoms with E-state index >= 15 is 0 Å². The lowest BCUT2D eigenvalue weighted by Gasteiger charge is -2.34. The Hall–Kier alpha value is -8.18. The molecular weight excluding hydrogens is 1020 g/mol. The maximum absolute atomic E-state index is 14.7. The molecule has 0 spiro atoms. The zero-order chi connectivity index (χ0) is 57.5. The maximum Gasteiger partial charge on any atom is 0.326 e. The van der Waals surface area contributed by atoms with E-state index in [1.165, 1.54) is 39.0 Å². The Balaban J connectivity index is 1.54. The van der Waals surface area contributed by atoms with E-state index in [9.17, 15) is 48.6 Å². The second kappa shape index (κ2) is 31.1. The highest BCUT2D eigenvalue weighted by molar-refractivity contribution is 5.98. The van der Waals surface area contributed by atoms with Gasteiger partial charge in [-0.2, -0.15) is 0 Å². The molecule has 78 heavy (non-hydrogen) atoms. The van der Waals surface area contributed by atoms with Crippen molar-refractivity contribution in [2.75, 3.05) is 45.8 Å². The van der Waals surface area contributed by atoms with Gasteiger partial charge in [0.25, 0.3) is 0 Å². The summed E-state index contributed by atoms with van der Waals surface area (Å²) in [7, 11) is 0. The first-order valence-electron chi connectivity index (χ1n) is 26.2. The lowest BCUT2D eigenvalue weighted by Crippen LogP contribution is -2.59. The molecule has 7 amide bonds. The Labute approximate surface area is 452 Å². The van der Waals surface area contributed by atoms with E-state index in [1.807, 2.05) is 0 Å². The number of nitrogens with zero attached hydrogens (tertiary/aromatic N) is 7. The molecule has 4 rings (SSSR count). The number of hydrogen-bond donors (Lipinski definition) is 15. The average molecular weight is 1100 g/mol. The number of phenols is 1. The van der Waals surface area contributed by atoms with Crippen LogP contribution in [-0.4, -0.2) is 190 Å². The molecule has 3 fully saturated rings. The van der Waals surface area contributed by atoms with Crippen LogP contribution in [-0.2, 0) is 44.8 Å². The Bertz CT molecular complexity index is 2350. The van der Waals surface area contributed by atoms with E-state index in [-0.39, 0.29) is 146 Å². The van der Waals surface area contributed by atoms with Crippen LogP contribution in [0.5, 0.6) is 5.75 Å². The third kappa shape index (κ3) is 19.8. The van der Waals surface area contributed by atoms with Crippen LogP contribution in [0.25, 0.3) is 0 Å². The van der Waals surface area contributed by atoms with Crippen LogP contribution < -0.4 is 72.9 Å². The smallest absolute Gasteiger partial charge is 0.326 e. The molecule has 30 heteroatoms. The molecule has 0 aliphatic carbocycles. The van der Waals surface area contributed by atoms with Crippen LogP contribution in [0.1, 0.15) is 95.5 Å². The van der Waals surface area contributed by atoms with E-state index in [0.717, 1.165) is 0 Å². The van der Waals surface area contributed by atoms with Crippen LogP contribution in [0.15, 0.2) is 44.2 Å². The number of guanidine groups is 4. The number of carbonyl (C=O) groups excluding carboxylic acids is 7. The molecular formula is C48H80N20O10. The molecule has 1 aromatic rings. The molecule has 8 atom stereocenters. The molecule has 432 valence electrons. The number of phenolic OH excluding ortho intramolecular Hbond substituents is 1. The number of benzene rings is 1. The highest BCUT2D eigenvalue weighted by Gasteiger charge is 2.45. The topological polar surface area (TPSA) is 518 Å². The molecule has 30 nitrogen and oxygen atoms in total. The molecule has 1 aromatic carbocycles. The Morgan fingerprint density at radius 1 is 0.513 bits per heavy atom. The summed E-state index contributed by atoms with van der Waals surface area (Å²) < 4.78 is 0. The predicted molar refractivity (Wildman–Crippen MR) is 289 cm³/mol. The summed E-state index contributed by atoms with van der Waals surface area (Å²) in [5.74, 6) is -6.45. The fourth-order valence-corrected chi connectivity index (χ4v) is 9.58. The minimum atomic E-state index is -1.34. The van der Waals surface area contributed by atoms with Crippen LogP contribution >= 0.6 is 0 Å². The zero-order valence-electron chi connectivity index (χ0n) is 44.0. The van der Waals surface area contributed by atoms with Crippen molar-refractivity contribution in [3.63, 3.8) is 0 Å². The predicted octanol–water partition coefficient (Wildman–Crippen LogP) is -5.53. The quantitative estimate of drug-likeness (QED) is 0.0194. The number of amides is 7. The third-order valence-electron chi connectivity index (χ3n) is 13.5. The van der Waals surface area contributed by atoms with Gasteiger partial charge in [-0.3, -0.25) is 53.5 Å². The second-order valence-electron chi connectivity index (χ2n) is 19.4. The first-order chi connectivity index (χ1) is 37.1. The average Bonchev–Trinajstić information content (AvgIpc) is 4.24. The summed E-state index contributed by atoms with van der Waals surface area (Å²) in [5, 5.41) is 30.5. The van der Waals surface area contributed by atoms with Crippen molar-refractivity contribution < 1.29 is 48.6 Å². The molecule has 0 saturated carbocycles. The summed E-state index contributed by atoms with van der Waals surface area (Å²) in [5.41, 5.74) is 50.7. The van der Waals surface area contributed by atoms with E-state index in [0.29, 0.717) is 31.2 Å². The lowest BCUT2D eigenvalue weighted by atomic mass is 10.0. The van der Waals surface area contributed by atoms with Gasteiger partial charge in [-0.1, -0.05) is 12.1 Å². The number of carboxylic acids is 1. The second-order valence-corrected chi connectivity index (χ2v) is 19.4. The molecule has 0 bridgehead atoms. The van der Waals surface area contributed by atoms with Crippen molar-refractivity contribution >= 4 is 71.2 Å². The highest BCUT2D eigenvalue weighted by Crippen LogP contribution is 2.27. The number of hydrogen-bond acceptors (Lipinski definition) is 14. The molecule has 0 aromatic heterocycles. The molecule has 0 radical (unpaired) electrons.